The van der Waals surface area contributed by atoms with Crippen LogP contribution in [0.1, 0.15) is 0 Å². The molecule has 0 N–H and O–H groups in total. The van der Waals surface area contributed by atoms with E-state index in [9.17, 15) is 0 Å². The van der Waals surface area contributed by atoms with Crippen LogP contribution in [-0.2, 0) is 0 Å². The second-order valence-electron chi connectivity index (χ2n) is 12.6. The van der Waals surface area contributed by atoms with Gasteiger partial charge < -0.3 is 0 Å². The van der Waals surface area contributed by atoms with Crippen molar-refractivity contribution >= 4 is 54.1 Å². The zero-order valence-corrected chi connectivity index (χ0v) is 26.1. The molecule has 0 aliphatic heterocycles. The molecule has 8 aromatic carbocycles. The van der Waals surface area contributed by atoms with Crippen molar-refractivity contribution in [2.45, 2.75) is 0 Å². The number of hydrogen-bond acceptors (Lipinski definition) is 2. The molecule has 0 fully saturated rings. The highest BCUT2D eigenvalue weighted by molar-refractivity contribution is 6.25. The number of nitrogens with zero attached hydrogens (tertiary/aromatic N) is 2. The minimum absolute atomic E-state index is 0.912. The summed E-state index contributed by atoms with van der Waals surface area (Å²) in [5.74, 6) is 0. The SMILES string of the molecule is c1ccc(-c2ccc3ccc4c(-c5cccc(-c6ccc7ccc8cccc9ccc6c7c89)c5)cc(-c5ccccc5)nc4c3n2)cc1. The molecule has 0 aliphatic rings. The fraction of sp³-hybridized carbons (Fsp3) is 0. The molecule has 0 saturated carbocycles. The van der Waals surface area contributed by atoms with Crippen LogP contribution >= 0.6 is 0 Å². The molecule has 10 aromatic rings. The second-order valence-corrected chi connectivity index (χ2v) is 12.6. The van der Waals surface area contributed by atoms with E-state index in [2.05, 4.69) is 164 Å². The molecule has 0 unspecified atom stereocenters. The van der Waals surface area contributed by atoms with E-state index in [4.69, 9.17) is 9.97 Å². The first-order valence-electron chi connectivity index (χ1n) is 16.4. The highest BCUT2D eigenvalue weighted by Crippen LogP contribution is 2.41. The molecule has 2 heterocycles. The smallest absolute Gasteiger partial charge is 0.0978 e. The normalized spacial score (nSPS) is 11.8. The Labute approximate surface area is 277 Å². The maximum atomic E-state index is 5.30. The van der Waals surface area contributed by atoms with Crippen LogP contribution in [0, 0.1) is 0 Å². The van der Waals surface area contributed by atoms with Crippen LogP contribution in [0.15, 0.2) is 170 Å². The van der Waals surface area contributed by atoms with Crippen LogP contribution in [0.5, 0.6) is 0 Å². The Bertz CT molecular complexity index is 2800. The predicted octanol–water partition coefficient (Wildman–Crippen LogP) is 12.3. The van der Waals surface area contributed by atoms with Gasteiger partial charge in [0.05, 0.1) is 22.4 Å². The zero-order chi connectivity index (χ0) is 31.6. The highest BCUT2D eigenvalue weighted by atomic mass is 14.8. The van der Waals surface area contributed by atoms with Crippen molar-refractivity contribution in [3.8, 4) is 44.8 Å². The average Bonchev–Trinajstić information content (AvgIpc) is 3.17. The molecular weight excluding hydrogens is 581 g/mol. The number of pyridine rings is 2. The lowest BCUT2D eigenvalue weighted by atomic mass is 9.89. The third-order valence-corrected chi connectivity index (χ3v) is 9.79. The average molecular weight is 609 g/mol. The summed E-state index contributed by atoms with van der Waals surface area (Å²) in [6, 6.07) is 60.9. The van der Waals surface area contributed by atoms with Gasteiger partial charge in [-0.15, -0.1) is 0 Å². The van der Waals surface area contributed by atoms with Gasteiger partial charge in [-0.2, -0.15) is 0 Å². The Morgan fingerprint density at radius 3 is 1.60 bits per heavy atom. The molecule has 0 aliphatic carbocycles. The summed E-state index contributed by atoms with van der Waals surface area (Å²) >= 11 is 0. The van der Waals surface area contributed by atoms with Crippen molar-refractivity contribution in [1.82, 2.24) is 9.97 Å². The lowest BCUT2D eigenvalue weighted by Gasteiger charge is -2.16. The number of rotatable bonds is 4. The first-order valence-corrected chi connectivity index (χ1v) is 16.4. The Balaban J connectivity index is 1.22. The van der Waals surface area contributed by atoms with Crippen molar-refractivity contribution in [1.29, 1.82) is 0 Å². The molecule has 48 heavy (non-hydrogen) atoms. The van der Waals surface area contributed by atoms with Crippen molar-refractivity contribution in [2.24, 2.45) is 0 Å². The fourth-order valence-corrected chi connectivity index (χ4v) is 7.48. The van der Waals surface area contributed by atoms with Gasteiger partial charge in [-0.05, 0) is 72.8 Å². The van der Waals surface area contributed by atoms with E-state index in [-0.39, 0.29) is 0 Å². The molecule has 0 saturated heterocycles. The summed E-state index contributed by atoms with van der Waals surface area (Å²) in [5, 5.41) is 9.96. The maximum absolute atomic E-state index is 5.30. The molecule has 2 aromatic heterocycles. The van der Waals surface area contributed by atoms with E-state index >= 15 is 0 Å². The molecule has 0 radical (unpaired) electrons. The molecular formula is C46H28N2. The standard InChI is InChI=1S/C46H28N2/c1-3-9-29(10-4-1)41-26-22-34-21-25-39-40(28-42(30-11-5-2-6-12-30)48-46(39)45(34)47-41)36-16-8-15-35(27-36)37-23-19-33-18-17-31-13-7-14-32-20-24-38(37)44(33)43(31)32/h1-28H. The second kappa shape index (κ2) is 10.6. The minimum Gasteiger partial charge on any atom is -0.245 e. The van der Waals surface area contributed by atoms with Crippen molar-refractivity contribution < 1.29 is 0 Å². The Morgan fingerprint density at radius 1 is 0.292 bits per heavy atom. The van der Waals surface area contributed by atoms with E-state index in [1.54, 1.807) is 0 Å². The maximum Gasteiger partial charge on any atom is 0.0978 e. The summed E-state index contributed by atoms with van der Waals surface area (Å²) in [6.45, 7) is 0. The van der Waals surface area contributed by atoms with Crippen LogP contribution in [0.4, 0.5) is 0 Å². The van der Waals surface area contributed by atoms with E-state index in [1.807, 2.05) is 6.07 Å². The van der Waals surface area contributed by atoms with Gasteiger partial charge >= 0.3 is 0 Å². The molecule has 0 bridgehead atoms. The summed E-state index contributed by atoms with van der Waals surface area (Å²) in [7, 11) is 0. The first-order chi connectivity index (χ1) is 23.8. The highest BCUT2D eigenvalue weighted by Gasteiger charge is 2.16. The van der Waals surface area contributed by atoms with Gasteiger partial charge in [-0.3, -0.25) is 0 Å². The number of fused-ring (bicyclic) bond motifs is 3. The third kappa shape index (κ3) is 4.20. The first kappa shape index (κ1) is 26.8. The summed E-state index contributed by atoms with van der Waals surface area (Å²) < 4.78 is 0. The van der Waals surface area contributed by atoms with E-state index in [0.29, 0.717) is 0 Å². The monoisotopic (exact) mass is 608 g/mol. The van der Waals surface area contributed by atoms with Gasteiger partial charge in [-0.25, -0.2) is 9.97 Å². The van der Waals surface area contributed by atoms with Gasteiger partial charge in [0.15, 0.2) is 0 Å². The van der Waals surface area contributed by atoms with Gasteiger partial charge in [0, 0.05) is 21.9 Å². The van der Waals surface area contributed by atoms with Crippen molar-refractivity contribution in [3.63, 3.8) is 0 Å². The van der Waals surface area contributed by atoms with E-state index in [0.717, 1.165) is 55.4 Å². The molecule has 2 heteroatoms. The lowest BCUT2D eigenvalue weighted by Crippen LogP contribution is -1.94. The summed E-state index contributed by atoms with van der Waals surface area (Å²) in [6.07, 6.45) is 0. The minimum atomic E-state index is 0.912. The molecule has 222 valence electrons. The molecule has 2 nitrogen and oxygen atoms in total. The third-order valence-electron chi connectivity index (χ3n) is 9.79. The van der Waals surface area contributed by atoms with E-state index in [1.165, 1.54) is 43.4 Å². The number of benzene rings is 8. The largest absolute Gasteiger partial charge is 0.245 e. The molecule has 0 spiro atoms. The van der Waals surface area contributed by atoms with Crippen LogP contribution in [0.2, 0.25) is 0 Å². The topological polar surface area (TPSA) is 25.8 Å². The van der Waals surface area contributed by atoms with Crippen molar-refractivity contribution in [3.05, 3.63) is 170 Å². The van der Waals surface area contributed by atoms with Gasteiger partial charge in [0.2, 0.25) is 0 Å². The molecule has 0 amide bonds. The predicted molar refractivity (Wildman–Crippen MR) is 202 cm³/mol. The van der Waals surface area contributed by atoms with Crippen LogP contribution in [0.25, 0.3) is 98.9 Å². The number of hydrogen-bond donors (Lipinski definition) is 0. The van der Waals surface area contributed by atoms with Gasteiger partial charge in [-0.1, -0.05) is 152 Å². The Morgan fingerprint density at radius 2 is 0.833 bits per heavy atom. The Hall–Kier alpha value is -6.38. The zero-order valence-electron chi connectivity index (χ0n) is 26.1. The lowest BCUT2D eigenvalue weighted by molar-refractivity contribution is 1.36. The molecule has 10 rings (SSSR count). The van der Waals surface area contributed by atoms with Gasteiger partial charge in [0.1, 0.15) is 0 Å². The summed E-state index contributed by atoms with van der Waals surface area (Å²) in [5.41, 5.74) is 10.6. The van der Waals surface area contributed by atoms with E-state index < -0.39 is 0 Å². The Kier molecular flexibility index (Phi) is 5.91. The van der Waals surface area contributed by atoms with Crippen LogP contribution < -0.4 is 0 Å². The molecule has 0 atom stereocenters. The van der Waals surface area contributed by atoms with Crippen molar-refractivity contribution in [2.75, 3.05) is 0 Å². The number of aromatic nitrogens is 2. The fourth-order valence-electron chi connectivity index (χ4n) is 7.48. The summed E-state index contributed by atoms with van der Waals surface area (Å²) in [4.78, 5) is 10.5. The van der Waals surface area contributed by atoms with Crippen LogP contribution in [-0.4, -0.2) is 9.97 Å². The van der Waals surface area contributed by atoms with Gasteiger partial charge in [0.25, 0.3) is 0 Å². The quantitative estimate of drug-likeness (QED) is 0.186. The van der Waals surface area contributed by atoms with Crippen LogP contribution in [0.3, 0.4) is 0 Å².